The van der Waals surface area contributed by atoms with Crippen molar-refractivity contribution < 1.29 is 13.2 Å². The second-order valence-electron chi connectivity index (χ2n) is 4.13. The zero-order chi connectivity index (χ0) is 15.8. The Morgan fingerprint density at radius 2 is 1.95 bits per heavy atom. The lowest BCUT2D eigenvalue weighted by Gasteiger charge is -2.09. The van der Waals surface area contributed by atoms with Crippen LogP contribution in [0.2, 0.25) is 10.0 Å². The zero-order valence-corrected chi connectivity index (χ0v) is 13.8. The molecule has 5 nitrogen and oxygen atoms in total. The van der Waals surface area contributed by atoms with Crippen LogP contribution in [0.15, 0.2) is 29.2 Å². The molecule has 0 bridgehead atoms. The number of nitrogens with two attached hydrogens (primary N) is 1. The molecule has 0 fully saturated rings. The van der Waals surface area contributed by atoms with Gasteiger partial charge < -0.3 is 5.73 Å². The van der Waals surface area contributed by atoms with Crippen LogP contribution in [0.25, 0.3) is 0 Å². The molecule has 9 heteroatoms. The van der Waals surface area contributed by atoms with Crippen molar-refractivity contribution >= 4 is 56.2 Å². The van der Waals surface area contributed by atoms with E-state index in [0.29, 0.717) is 9.90 Å². The first kappa shape index (κ1) is 16.1. The highest BCUT2D eigenvalue weighted by atomic mass is 35.5. The Labute approximate surface area is 135 Å². The quantitative estimate of drug-likeness (QED) is 0.872. The van der Waals surface area contributed by atoms with Gasteiger partial charge in [-0.1, -0.05) is 23.2 Å². The van der Waals surface area contributed by atoms with E-state index in [1.165, 1.54) is 18.2 Å². The minimum absolute atomic E-state index is 0.0163. The molecule has 0 unspecified atom stereocenters. The van der Waals surface area contributed by atoms with Gasteiger partial charge in [-0.05, 0) is 31.2 Å². The number of sulfonamides is 1. The normalized spacial score (nSPS) is 11.4. The first-order chi connectivity index (χ1) is 9.70. The van der Waals surface area contributed by atoms with E-state index in [0.717, 1.165) is 11.3 Å². The molecular weight excluding hydrogens is 355 g/mol. The lowest BCUT2D eigenvalue weighted by atomic mass is 10.3. The largest absolute Gasteiger partial charge is 0.365 e. The van der Waals surface area contributed by atoms with Gasteiger partial charge in [0.15, 0.2) is 0 Å². The van der Waals surface area contributed by atoms with Crippen LogP contribution in [0.4, 0.5) is 5.69 Å². The lowest BCUT2D eigenvalue weighted by Crippen LogP contribution is -2.14. The summed E-state index contributed by atoms with van der Waals surface area (Å²) < 4.78 is 27.1. The summed E-state index contributed by atoms with van der Waals surface area (Å²) in [5, 5.41) is 0.558. The monoisotopic (exact) mass is 364 g/mol. The number of anilines is 1. The predicted octanol–water partition coefficient (Wildman–Crippen LogP) is 3.26. The minimum atomic E-state index is -3.89. The van der Waals surface area contributed by atoms with Gasteiger partial charge in [-0.3, -0.25) is 9.52 Å². The third kappa shape index (κ3) is 3.49. The number of hydrogen-bond donors (Lipinski definition) is 2. The topological polar surface area (TPSA) is 89.3 Å². The van der Waals surface area contributed by atoms with Crippen molar-refractivity contribution in [2.75, 3.05) is 4.72 Å². The Kier molecular flexibility index (Phi) is 4.48. The molecule has 0 saturated heterocycles. The number of aryl methyl sites for hydroxylation is 1. The molecule has 3 N–H and O–H groups in total. The van der Waals surface area contributed by atoms with Gasteiger partial charge >= 0.3 is 0 Å². The van der Waals surface area contributed by atoms with Gasteiger partial charge in [-0.15, -0.1) is 11.3 Å². The highest BCUT2D eigenvalue weighted by Gasteiger charge is 2.22. The highest BCUT2D eigenvalue weighted by Crippen LogP contribution is 2.31. The Hall–Kier alpha value is -1.28. The van der Waals surface area contributed by atoms with Crippen LogP contribution in [-0.4, -0.2) is 14.3 Å². The molecule has 1 heterocycles. The number of halogens is 2. The number of rotatable bonds is 4. The summed E-state index contributed by atoms with van der Waals surface area (Å²) in [6.45, 7) is 1.59. The van der Waals surface area contributed by atoms with Gasteiger partial charge in [0.25, 0.3) is 15.9 Å². The Balaban J connectivity index is 2.43. The molecule has 0 aliphatic rings. The van der Waals surface area contributed by atoms with Crippen molar-refractivity contribution in [3.63, 3.8) is 0 Å². The Morgan fingerprint density at radius 1 is 1.29 bits per heavy atom. The minimum Gasteiger partial charge on any atom is -0.365 e. The molecular formula is C12H10Cl2N2O3S2. The number of hydrogen-bond acceptors (Lipinski definition) is 4. The number of thiophene rings is 1. The lowest BCUT2D eigenvalue weighted by molar-refractivity contribution is 0.100. The molecule has 2 aromatic rings. The van der Waals surface area contributed by atoms with Crippen LogP contribution >= 0.6 is 34.5 Å². The number of primary amides is 1. The molecule has 0 aliphatic carbocycles. The van der Waals surface area contributed by atoms with E-state index in [9.17, 15) is 13.2 Å². The van der Waals surface area contributed by atoms with E-state index in [4.69, 9.17) is 28.9 Å². The number of nitrogens with one attached hydrogen (secondary N) is 1. The maximum absolute atomic E-state index is 12.4. The molecule has 0 radical (unpaired) electrons. The van der Waals surface area contributed by atoms with E-state index in [1.807, 2.05) is 0 Å². The number of amides is 1. The molecule has 112 valence electrons. The molecule has 0 atom stereocenters. The summed E-state index contributed by atoms with van der Waals surface area (Å²) in [5.74, 6) is -0.676. The van der Waals surface area contributed by atoms with Crippen LogP contribution in [0, 0.1) is 6.92 Å². The molecule has 0 aliphatic heterocycles. The van der Waals surface area contributed by atoms with Crippen molar-refractivity contribution in [3.05, 3.63) is 44.1 Å². The molecule has 1 amide bonds. The third-order valence-electron chi connectivity index (χ3n) is 2.58. The predicted molar refractivity (Wildman–Crippen MR) is 84.8 cm³/mol. The summed E-state index contributed by atoms with van der Waals surface area (Å²) in [7, 11) is -3.89. The van der Waals surface area contributed by atoms with Gasteiger partial charge in [-0.2, -0.15) is 0 Å². The van der Waals surface area contributed by atoms with Gasteiger partial charge in [0.05, 0.1) is 15.6 Å². The standard InChI is InChI=1S/C12H10Cl2N2O3S2/c1-6-11(5-10(20-6)12(15)17)21(18,19)16-9-4-7(13)2-3-8(9)14/h2-5,16H,1H3,(H2,15,17). The van der Waals surface area contributed by atoms with Crippen LogP contribution in [0.5, 0.6) is 0 Å². The van der Waals surface area contributed by atoms with E-state index in [-0.39, 0.29) is 20.5 Å². The van der Waals surface area contributed by atoms with Crippen molar-refractivity contribution in [2.24, 2.45) is 5.73 Å². The first-order valence-electron chi connectivity index (χ1n) is 5.59. The maximum Gasteiger partial charge on any atom is 0.263 e. The average molecular weight is 365 g/mol. The van der Waals surface area contributed by atoms with Crippen LogP contribution in [0.3, 0.4) is 0 Å². The molecule has 2 rings (SSSR count). The van der Waals surface area contributed by atoms with Gasteiger partial charge in [0, 0.05) is 9.90 Å². The summed E-state index contributed by atoms with van der Waals surface area (Å²) in [5.41, 5.74) is 5.32. The van der Waals surface area contributed by atoms with Gasteiger partial charge in [0.1, 0.15) is 4.90 Å². The van der Waals surface area contributed by atoms with E-state index in [2.05, 4.69) is 4.72 Å². The van der Waals surface area contributed by atoms with E-state index >= 15 is 0 Å². The van der Waals surface area contributed by atoms with E-state index < -0.39 is 15.9 Å². The summed E-state index contributed by atoms with van der Waals surface area (Å²) >= 11 is 12.8. The first-order valence-corrected chi connectivity index (χ1v) is 8.64. The Morgan fingerprint density at radius 3 is 2.52 bits per heavy atom. The molecule has 0 spiro atoms. The van der Waals surface area contributed by atoms with Crippen LogP contribution in [0.1, 0.15) is 14.5 Å². The number of benzene rings is 1. The molecule has 1 aromatic carbocycles. The second-order valence-corrected chi connectivity index (χ2v) is 7.88. The zero-order valence-electron chi connectivity index (χ0n) is 10.7. The molecule has 21 heavy (non-hydrogen) atoms. The molecule has 0 saturated carbocycles. The van der Waals surface area contributed by atoms with Gasteiger partial charge in [-0.25, -0.2) is 8.42 Å². The highest BCUT2D eigenvalue weighted by molar-refractivity contribution is 7.93. The Bertz CT molecular complexity index is 816. The second kappa shape index (κ2) is 5.84. The third-order valence-corrected chi connectivity index (χ3v) is 5.83. The van der Waals surface area contributed by atoms with Crippen molar-refractivity contribution in [3.8, 4) is 0 Å². The van der Waals surface area contributed by atoms with Crippen molar-refractivity contribution in [2.45, 2.75) is 11.8 Å². The van der Waals surface area contributed by atoms with Gasteiger partial charge in [0.2, 0.25) is 0 Å². The van der Waals surface area contributed by atoms with Crippen molar-refractivity contribution in [1.82, 2.24) is 0 Å². The fraction of sp³-hybridized carbons (Fsp3) is 0.0833. The van der Waals surface area contributed by atoms with Crippen molar-refractivity contribution in [1.29, 1.82) is 0 Å². The summed E-state index contributed by atoms with van der Waals surface area (Å²) in [4.78, 5) is 11.7. The fourth-order valence-electron chi connectivity index (χ4n) is 1.63. The molecule has 1 aromatic heterocycles. The SMILES string of the molecule is Cc1sc(C(N)=O)cc1S(=O)(=O)Nc1cc(Cl)ccc1Cl. The average Bonchev–Trinajstić information content (AvgIpc) is 2.77. The summed E-state index contributed by atoms with van der Waals surface area (Å²) in [6.07, 6.45) is 0. The summed E-state index contributed by atoms with van der Waals surface area (Å²) in [6, 6.07) is 5.67. The number of carbonyl (C=O) groups is 1. The maximum atomic E-state index is 12.4. The van der Waals surface area contributed by atoms with Crippen LogP contribution < -0.4 is 10.5 Å². The smallest absolute Gasteiger partial charge is 0.263 e. The fourth-order valence-corrected chi connectivity index (χ4v) is 4.54. The van der Waals surface area contributed by atoms with E-state index in [1.54, 1.807) is 13.0 Å². The number of carbonyl (C=O) groups excluding carboxylic acids is 1. The van der Waals surface area contributed by atoms with Crippen LogP contribution in [-0.2, 0) is 10.0 Å².